The van der Waals surface area contributed by atoms with Gasteiger partial charge in [-0.15, -0.1) is 0 Å². The van der Waals surface area contributed by atoms with E-state index in [1.165, 1.54) is 0 Å². The molecule has 0 saturated heterocycles. The van der Waals surface area contributed by atoms with Crippen LogP contribution in [0.1, 0.15) is 12.5 Å². The molecule has 0 radical (unpaired) electrons. The van der Waals surface area contributed by atoms with Crippen molar-refractivity contribution in [3.05, 3.63) is 34.2 Å². The molecule has 1 heterocycles. The zero-order valence-corrected chi connectivity index (χ0v) is 8.82. The predicted molar refractivity (Wildman–Crippen MR) is 58.9 cm³/mol. The Kier molecular flexibility index (Phi) is 2.36. The Balaban J connectivity index is 2.52. The average Bonchev–Trinajstić information content (AvgIpc) is 2.41. The highest BCUT2D eigenvalue weighted by atomic mass is 16.3. The molecule has 1 aromatic carbocycles. The van der Waals surface area contributed by atoms with E-state index in [-0.39, 0.29) is 11.8 Å². The first kappa shape index (κ1) is 9.98. The molecule has 80 valence electrons. The van der Waals surface area contributed by atoms with Crippen LogP contribution in [0.3, 0.4) is 0 Å². The normalized spacial score (nSPS) is 13.3. The van der Waals surface area contributed by atoms with Gasteiger partial charge in [-0.1, -0.05) is 6.07 Å². The SMILES string of the molecule is CC(O)Cc1ccc2c(c1)[nH]c(=O)n2C. The Morgan fingerprint density at radius 2 is 2.27 bits per heavy atom. The van der Waals surface area contributed by atoms with Gasteiger partial charge in [0.2, 0.25) is 0 Å². The van der Waals surface area contributed by atoms with E-state index in [2.05, 4.69) is 4.98 Å². The lowest BCUT2D eigenvalue weighted by atomic mass is 10.1. The van der Waals surface area contributed by atoms with Gasteiger partial charge in [0.15, 0.2) is 0 Å². The summed E-state index contributed by atoms with van der Waals surface area (Å²) in [6.07, 6.45) is 0.241. The van der Waals surface area contributed by atoms with Crippen molar-refractivity contribution < 1.29 is 5.11 Å². The summed E-state index contributed by atoms with van der Waals surface area (Å²) >= 11 is 0. The lowest BCUT2D eigenvalue weighted by Crippen LogP contribution is -2.11. The first-order valence-corrected chi connectivity index (χ1v) is 4.93. The van der Waals surface area contributed by atoms with Gasteiger partial charge in [0, 0.05) is 7.05 Å². The number of fused-ring (bicyclic) bond motifs is 1. The van der Waals surface area contributed by atoms with Gasteiger partial charge in [-0.2, -0.15) is 0 Å². The second-order valence-electron chi connectivity index (χ2n) is 3.89. The topological polar surface area (TPSA) is 58.0 Å². The summed E-state index contributed by atoms with van der Waals surface area (Å²) in [6.45, 7) is 1.75. The van der Waals surface area contributed by atoms with E-state index in [0.717, 1.165) is 16.6 Å². The summed E-state index contributed by atoms with van der Waals surface area (Å²) in [4.78, 5) is 14.1. The minimum absolute atomic E-state index is 0.112. The Morgan fingerprint density at radius 3 is 2.93 bits per heavy atom. The van der Waals surface area contributed by atoms with Crippen molar-refractivity contribution >= 4 is 11.0 Å². The molecule has 2 rings (SSSR count). The zero-order valence-electron chi connectivity index (χ0n) is 8.82. The number of aromatic amines is 1. The Bertz CT molecular complexity index is 537. The largest absolute Gasteiger partial charge is 0.393 e. The molecule has 0 amide bonds. The lowest BCUT2D eigenvalue weighted by Gasteiger charge is -2.04. The van der Waals surface area contributed by atoms with Gasteiger partial charge in [-0.3, -0.25) is 4.57 Å². The van der Waals surface area contributed by atoms with Gasteiger partial charge < -0.3 is 10.1 Å². The van der Waals surface area contributed by atoms with Crippen LogP contribution in [0.2, 0.25) is 0 Å². The van der Waals surface area contributed by atoms with Crippen LogP contribution in [0.15, 0.2) is 23.0 Å². The Labute approximate surface area is 87.2 Å². The number of benzene rings is 1. The molecule has 4 nitrogen and oxygen atoms in total. The smallest absolute Gasteiger partial charge is 0.326 e. The van der Waals surface area contributed by atoms with Crippen LogP contribution in [-0.2, 0) is 13.5 Å². The van der Waals surface area contributed by atoms with Crippen LogP contribution in [0.25, 0.3) is 11.0 Å². The lowest BCUT2D eigenvalue weighted by molar-refractivity contribution is 0.195. The molecule has 0 bridgehead atoms. The first-order valence-electron chi connectivity index (χ1n) is 4.93. The molecular weight excluding hydrogens is 192 g/mol. The zero-order chi connectivity index (χ0) is 11.0. The number of aryl methyl sites for hydroxylation is 1. The van der Waals surface area contributed by atoms with E-state index < -0.39 is 0 Å². The molecule has 2 N–H and O–H groups in total. The highest BCUT2D eigenvalue weighted by molar-refractivity contribution is 5.75. The molecule has 2 aromatic rings. The highest BCUT2D eigenvalue weighted by Gasteiger charge is 2.05. The third-order valence-electron chi connectivity index (χ3n) is 2.50. The minimum atomic E-state index is -0.363. The molecule has 0 aliphatic heterocycles. The fourth-order valence-electron chi connectivity index (χ4n) is 1.75. The first-order chi connectivity index (χ1) is 7.08. The maximum atomic E-state index is 11.3. The number of aliphatic hydroxyl groups excluding tert-OH is 1. The number of nitrogens with one attached hydrogen (secondary N) is 1. The maximum Gasteiger partial charge on any atom is 0.326 e. The van der Waals surface area contributed by atoms with Gasteiger partial charge in [-0.25, -0.2) is 4.79 Å². The number of aromatic nitrogens is 2. The molecule has 0 spiro atoms. The van der Waals surface area contributed by atoms with Gasteiger partial charge in [0.1, 0.15) is 0 Å². The van der Waals surface area contributed by atoms with Crippen LogP contribution in [0.4, 0.5) is 0 Å². The van der Waals surface area contributed by atoms with E-state index in [9.17, 15) is 9.90 Å². The summed E-state index contributed by atoms with van der Waals surface area (Å²) in [7, 11) is 1.73. The van der Waals surface area contributed by atoms with Crippen molar-refractivity contribution in [1.29, 1.82) is 0 Å². The standard InChI is InChI=1S/C11H14N2O2/c1-7(14)5-8-3-4-10-9(6-8)12-11(15)13(10)2/h3-4,6-7,14H,5H2,1-2H3,(H,12,15). The number of H-pyrrole nitrogens is 1. The van der Waals surface area contributed by atoms with Crippen molar-refractivity contribution in [3.63, 3.8) is 0 Å². The molecular formula is C11H14N2O2. The molecule has 4 heteroatoms. The summed E-state index contributed by atoms with van der Waals surface area (Å²) in [5.74, 6) is 0. The van der Waals surface area contributed by atoms with Crippen molar-refractivity contribution in [3.8, 4) is 0 Å². The third-order valence-corrected chi connectivity index (χ3v) is 2.50. The van der Waals surface area contributed by atoms with Crippen molar-refractivity contribution in [2.75, 3.05) is 0 Å². The summed E-state index contributed by atoms with van der Waals surface area (Å²) in [6, 6.07) is 5.73. The monoisotopic (exact) mass is 206 g/mol. The molecule has 1 atom stereocenters. The highest BCUT2D eigenvalue weighted by Crippen LogP contribution is 2.13. The molecule has 15 heavy (non-hydrogen) atoms. The fraction of sp³-hybridized carbons (Fsp3) is 0.364. The number of hydrogen-bond acceptors (Lipinski definition) is 2. The second kappa shape index (κ2) is 3.55. The second-order valence-corrected chi connectivity index (χ2v) is 3.89. The van der Waals surface area contributed by atoms with E-state index in [0.29, 0.717) is 6.42 Å². The Hall–Kier alpha value is -1.55. The van der Waals surface area contributed by atoms with Crippen molar-refractivity contribution in [2.45, 2.75) is 19.4 Å². The van der Waals surface area contributed by atoms with Gasteiger partial charge in [0.05, 0.1) is 17.1 Å². The van der Waals surface area contributed by atoms with Crippen molar-refractivity contribution in [1.82, 2.24) is 9.55 Å². The van der Waals surface area contributed by atoms with Crippen LogP contribution >= 0.6 is 0 Å². The van der Waals surface area contributed by atoms with Gasteiger partial charge in [0.25, 0.3) is 0 Å². The molecule has 0 aliphatic rings. The van der Waals surface area contributed by atoms with Gasteiger partial charge in [-0.05, 0) is 31.0 Å². The molecule has 1 unspecified atom stereocenters. The predicted octanol–water partition coefficient (Wildman–Crippen LogP) is 0.790. The fourth-order valence-corrected chi connectivity index (χ4v) is 1.75. The minimum Gasteiger partial charge on any atom is -0.393 e. The number of imidazole rings is 1. The van der Waals surface area contributed by atoms with Crippen LogP contribution in [0.5, 0.6) is 0 Å². The number of hydrogen-bond donors (Lipinski definition) is 2. The van der Waals surface area contributed by atoms with E-state index in [1.54, 1.807) is 18.5 Å². The van der Waals surface area contributed by atoms with E-state index in [1.807, 2.05) is 18.2 Å². The van der Waals surface area contributed by atoms with Crippen LogP contribution in [-0.4, -0.2) is 20.8 Å². The molecule has 0 saturated carbocycles. The third kappa shape index (κ3) is 1.80. The molecule has 1 aromatic heterocycles. The number of nitrogens with zero attached hydrogens (tertiary/aromatic N) is 1. The van der Waals surface area contributed by atoms with E-state index in [4.69, 9.17) is 0 Å². The van der Waals surface area contributed by atoms with Crippen LogP contribution < -0.4 is 5.69 Å². The average molecular weight is 206 g/mol. The maximum absolute atomic E-state index is 11.3. The molecule has 0 fully saturated rings. The van der Waals surface area contributed by atoms with E-state index >= 15 is 0 Å². The summed E-state index contributed by atoms with van der Waals surface area (Å²) in [5.41, 5.74) is 2.62. The quantitative estimate of drug-likeness (QED) is 0.763. The van der Waals surface area contributed by atoms with Crippen LogP contribution in [0, 0.1) is 0 Å². The van der Waals surface area contributed by atoms with Gasteiger partial charge >= 0.3 is 5.69 Å². The Morgan fingerprint density at radius 1 is 1.53 bits per heavy atom. The molecule has 0 aliphatic carbocycles. The van der Waals surface area contributed by atoms with Crippen molar-refractivity contribution in [2.24, 2.45) is 7.05 Å². The number of rotatable bonds is 2. The summed E-state index contributed by atoms with van der Waals surface area (Å²) < 4.78 is 1.57. The number of aliphatic hydroxyl groups is 1. The summed E-state index contributed by atoms with van der Waals surface area (Å²) in [5, 5.41) is 9.26.